The van der Waals surface area contributed by atoms with Crippen LogP contribution in [0, 0.1) is 0 Å². The minimum atomic E-state index is -0.278. The first kappa shape index (κ1) is 13.8. The number of halogens is 1. The van der Waals surface area contributed by atoms with Gasteiger partial charge in [-0.25, -0.2) is 0 Å². The van der Waals surface area contributed by atoms with Gasteiger partial charge in [-0.05, 0) is 19.8 Å². The van der Waals surface area contributed by atoms with E-state index in [-0.39, 0.29) is 18.6 Å². The molecule has 0 aromatic rings. The van der Waals surface area contributed by atoms with E-state index in [0.717, 1.165) is 25.9 Å². The third-order valence-electron chi connectivity index (χ3n) is 1.55. The quantitative estimate of drug-likeness (QED) is 0.655. The average Bonchev–Trinajstić information content (AvgIpc) is 1.87. The fourth-order valence-corrected chi connectivity index (χ4v) is 1.06. The lowest BCUT2D eigenvalue weighted by Gasteiger charge is -2.23. The van der Waals surface area contributed by atoms with E-state index < -0.39 is 0 Å². The summed E-state index contributed by atoms with van der Waals surface area (Å²) >= 11 is 0. The number of nitrogens with zero attached hydrogens (tertiary/aromatic N) is 1. The second kappa shape index (κ2) is 8.31. The Hall–Kier alpha value is 0.210. The minimum Gasteiger partial charge on any atom is -0.379 e. The van der Waals surface area contributed by atoms with Crippen LogP contribution in [0.2, 0.25) is 0 Å². The summed E-state index contributed by atoms with van der Waals surface area (Å²) in [5.41, 5.74) is 0. The molecule has 0 radical (unpaired) electrons. The Bertz CT molecular complexity index is 72.5. The predicted molar refractivity (Wildman–Crippen MR) is 51.1 cm³/mol. The van der Waals surface area contributed by atoms with Gasteiger partial charge in [0, 0.05) is 13.1 Å². The molecular weight excluding hydrogens is 162 g/mol. The molecule has 0 saturated heterocycles. The highest BCUT2D eigenvalue weighted by atomic mass is 35.5. The molecule has 0 aliphatic heterocycles. The number of aliphatic hydroxyl groups excluding tert-OH is 1. The molecule has 0 aromatic carbocycles. The molecule has 1 N–H and O–H groups in total. The summed E-state index contributed by atoms with van der Waals surface area (Å²) in [5.74, 6) is 0. The van der Waals surface area contributed by atoms with Crippen LogP contribution in [-0.2, 0) is 0 Å². The Morgan fingerprint density at radius 1 is 1.18 bits per heavy atom. The molecule has 1 atom stereocenters. The summed E-state index contributed by atoms with van der Waals surface area (Å²) in [6, 6.07) is 0. The van der Waals surface area contributed by atoms with Crippen LogP contribution in [0.5, 0.6) is 0 Å². The van der Waals surface area contributed by atoms with Crippen LogP contribution in [0.15, 0.2) is 0 Å². The average molecular weight is 182 g/mol. The summed E-state index contributed by atoms with van der Waals surface area (Å²) in [5, 5.41) is 9.20. The van der Waals surface area contributed by atoms with E-state index in [2.05, 4.69) is 18.7 Å². The van der Waals surface area contributed by atoms with Crippen LogP contribution in [0.4, 0.5) is 0 Å². The third-order valence-corrected chi connectivity index (χ3v) is 1.55. The molecule has 0 heterocycles. The Morgan fingerprint density at radius 2 is 1.55 bits per heavy atom. The van der Waals surface area contributed by atoms with E-state index in [9.17, 15) is 5.11 Å². The number of aliphatic hydroxyl groups is 1. The van der Waals surface area contributed by atoms with E-state index >= 15 is 0 Å². The van der Waals surface area contributed by atoms with Gasteiger partial charge in [-0.3, -0.25) is 4.90 Å². The van der Waals surface area contributed by atoms with Gasteiger partial charge in [0.2, 0.25) is 0 Å². The lowest BCUT2D eigenvalue weighted by atomic mass is 10.3. The van der Waals surface area contributed by atoms with Crippen molar-refractivity contribution in [3.8, 4) is 0 Å². The molecule has 70 valence electrons. The molecule has 0 bridgehead atoms. The second-order valence-corrected chi connectivity index (χ2v) is 2.67. The number of rotatable bonds is 5. The highest BCUT2D eigenvalue weighted by Gasteiger charge is 2.06. The van der Waals surface area contributed by atoms with Crippen LogP contribution in [0.3, 0.4) is 0 Å². The maximum Gasteiger partial charge on any atom is 0.104 e. The highest BCUT2D eigenvalue weighted by molar-refractivity contribution is 5.85. The van der Waals surface area contributed by atoms with Crippen LogP contribution < -0.4 is 0 Å². The normalized spacial score (nSPS) is 12.8. The van der Waals surface area contributed by atoms with Crippen LogP contribution >= 0.6 is 12.4 Å². The van der Waals surface area contributed by atoms with E-state index in [1.54, 1.807) is 0 Å². The lowest BCUT2D eigenvalue weighted by Crippen LogP contribution is -2.34. The van der Waals surface area contributed by atoms with Gasteiger partial charge < -0.3 is 5.11 Å². The van der Waals surface area contributed by atoms with E-state index in [0.29, 0.717) is 0 Å². The van der Waals surface area contributed by atoms with Gasteiger partial charge in [0.25, 0.3) is 0 Å². The smallest absolute Gasteiger partial charge is 0.104 e. The molecule has 0 rings (SSSR count). The van der Waals surface area contributed by atoms with Gasteiger partial charge in [-0.15, -0.1) is 12.4 Å². The molecule has 0 spiro atoms. The Labute approximate surface area is 76.0 Å². The molecule has 11 heavy (non-hydrogen) atoms. The second-order valence-electron chi connectivity index (χ2n) is 2.67. The van der Waals surface area contributed by atoms with E-state index in [1.807, 2.05) is 6.92 Å². The van der Waals surface area contributed by atoms with Crippen LogP contribution in [0.25, 0.3) is 0 Å². The van der Waals surface area contributed by atoms with Gasteiger partial charge in [-0.2, -0.15) is 0 Å². The summed E-state index contributed by atoms with van der Waals surface area (Å²) in [7, 11) is 0. The molecule has 0 aliphatic rings. The standard InChI is InChI=1S/C8H19NO.ClH/c1-4-6-9(7-5-2)8(3)10;/h8,10H,4-7H2,1-3H3;1H. The maximum atomic E-state index is 9.20. The zero-order valence-corrected chi connectivity index (χ0v) is 8.52. The first-order chi connectivity index (χ1) is 4.72. The highest BCUT2D eigenvalue weighted by Crippen LogP contribution is 1.97. The zero-order chi connectivity index (χ0) is 7.98. The predicted octanol–water partition coefficient (Wildman–Crippen LogP) is 1.87. The van der Waals surface area contributed by atoms with E-state index in [4.69, 9.17) is 0 Å². The van der Waals surface area contributed by atoms with Crippen molar-refractivity contribution in [2.24, 2.45) is 0 Å². The first-order valence-corrected chi connectivity index (χ1v) is 4.14. The minimum absolute atomic E-state index is 0. The molecule has 3 heteroatoms. The Balaban J connectivity index is 0. The Morgan fingerprint density at radius 3 is 1.73 bits per heavy atom. The van der Waals surface area contributed by atoms with Crippen molar-refractivity contribution in [2.45, 2.75) is 39.8 Å². The van der Waals surface area contributed by atoms with Crippen molar-refractivity contribution >= 4 is 12.4 Å². The monoisotopic (exact) mass is 181 g/mol. The molecule has 0 aliphatic carbocycles. The molecule has 1 unspecified atom stereocenters. The fourth-order valence-electron chi connectivity index (χ4n) is 1.06. The van der Waals surface area contributed by atoms with Gasteiger partial charge in [-0.1, -0.05) is 13.8 Å². The van der Waals surface area contributed by atoms with Crippen LogP contribution in [-0.4, -0.2) is 29.3 Å². The SMILES string of the molecule is CCCN(CCC)C(C)O.Cl. The fraction of sp³-hybridized carbons (Fsp3) is 1.00. The van der Waals surface area contributed by atoms with Crippen molar-refractivity contribution in [3.05, 3.63) is 0 Å². The number of hydrogen-bond acceptors (Lipinski definition) is 2. The lowest BCUT2D eigenvalue weighted by molar-refractivity contribution is 0.0188. The Kier molecular flexibility index (Phi) is 10.4. The summed E-state index contributed by atoms with van der Waals surface area (Å²) in [6.45, 7) is 8.10. The third kappa shape index (κ3) is 6.60. The van der Waals surface area contributed by atoms with Gasteiger partial charge in [0.05, 0.1) is 0 Å². The van der Waals surface area contributed by atoms with Gasteiger partial charge in [0.15, 0.2) is 0 Å². The molecule has 0 amide bonds. The molecule has 0 aromatic heterocycles. The van der Waals surface area contributed by atoms with E-state index in [1.165, 1.54) is 0 Å². The zero-order valence-electron chi connectivity index (χ0n) is 7.71. The molecular formula is C8H20ClNO. The first-order valence-electron chi connectivity index (χ1n) is 4.14. The van der Waals surface area contributed by atoms with Crippen molar-refractivity contribution in [1.29, 1.82) is 0 Å². The van der Waals surface area contributed by atoms with Crippen molar-refractivity contribution in [3.63, 3.8) is 0 Å². The topological polar surface area (TPSA) is 23.5 Å². The summed E-state index contributed by atoms with van der Waals surface area (Å²) < 4.78 is 0. The van der Waals surface area contributed by atoms with Crippen LogP contribution in [0.1, 0.15) is 33.6 Å². The van der Waals surface area contributed by atoms with Gasteiger partial charge in [0.1, 0.15) is 6.23 Å². The van der Waals surface area contributed by atoms with Crippen molar-refractivity contribution in [2.75, 3.05) is 13.1 Å². The molecule has 0 saturated carbocycles. The summed E-state index contributed by atoms with van der Waals surface area (Å²) in [6.07, 6.45) is 1.95. The summed E-state index contributed by atoms with van der Waals surface area (Å²) in [4.78, 5) is 2.08. The van der Waals surface area contributed by atoms with Crippen molar-refractivity contribution in [1.82, 2.24) is 4.90 Å². The largest absolute Gasteiger partial charge is 0.379 e. The van der Waals surface area contributed by atoms with Crippen molar-refractivity contribution < 1.29 is 5.11 Å². The molecule has 0 fully saturated rings. The maximum absolute atomic E-state index is 9.20. The number of hydrogen-bond donors (Lipinski definition) is 1. The molecule has 2 nitrogen and oxygen atoms in total. The van der Waals surface area contributed by atoms with Gasteiger partial charge >= 0.3 is 0 Å².